The summed E-state index contributed by atoms with van der Waals surface area (Å²) in [6.45, 7) is 3.97. The van der Waals surface area contributed by atoms with Gasteiger partial charge in [-0.3, -0.25) is 19.8 Å². The van der Waals surface area contributed by atoms with Crippen LogP contribution >= 0.6 is 0 Å². The molecule has 0 aromatic heterocycles. The lowest BCUT2D eigenvalue weighted by molar-refractivity contribution is -0.132. The van der Waals surface area contributed by atoms with Gasteiger partial charge in [0.15, 0.2) is 0 Å². The van der Waals surface area contributed by atoms with Crippen LogP contribution in [-0.2, 0) is 9.59 Å². The first kappa shape index (κ1) is 19.9. The van der Waals surface area contributed by atoms with Crippen molar-refractivity contribution in [3.05, 3.63) is 60.2 Å². The van der Waals surface area contributed by atoms with E-state index in [4.69, 9.17) is 4.74 Å². The van der Waals surface area contributed by atoms with E-state index in [1.807, 2.05) is 36.4 Å². The van der Waals surface area contributed by atoms with Crippen LogP contribution in [-0.4, -0.2) is 35.4 Å². The molecule has 0 unspecified atom stereocenters. The molecule has 1 saturated heterocycles. The Morgan fingerprint density at radius 2 is 1.83 bits per heavy atom. The van der Waals surface area contributed by atoms with Gasteiger partial charge in [-0.05, 0) is 35.8 Å². The summed E-state index contributed by atoms with van der Waals surface area (Å²) in [5, 5.41) is 4.15. The topological polar surface area (TPSA) is 75.7 Å². The van der Waals surface area contributed by atoms with Gasteiger partial charge in [-0.1, -0.05) is 62.2 Å². The van der Waals surface area contributed by atoms with Crippen LogP contribution in [0.3, 0.4) is 0 Å². The molecule has 2 aromatic carbocycles. The zero-order chi connectivity index (χ0) is 21.1. The predicted molar refractivity (Wildman–Crippen MR) is 115 cm³/mol. The van der Waals surface area contributed by atoms with Gasteiger partial charge < -0.3 is 4.74 Å². The number of amides is 4. The Morgan fingerprint density at radius 1 is 1.07 bits per heavy atom. The third kappa shape index (κ3) is 3.73. The molecule has 30 heavy (non-hydrogen) atoms. The number of carbonyl (C=O) groups is 3. The molecule has 4 rings (SSSR count). The van der Waals surface area contributed by atoms with E-state index in [9.17, 15) is 14.4 Å². The molecule has 6 heteroatoms. The van der Waals surface area contributed by atoms with E-state index >= 15 is 0 Å². The molecule has 6 nitrogen and oxygen atoms in total. The number of ether oxygens (including phenoxy) is 1. The van der Waals surface area contributed by atoms with Gasteiger partial charge in [-0.2, -0.15) is 0 Å². The molecule has 154 valence electrons. The number of benzene rings is 2. The summed E-state index contributed by atoms with van der Waals surface area (Å²) in [7, 11) is 0. The fraction of sp³-hybridized carbons (Fsp3) is 0.292. The molecule has 1 N–H and O–H groups in total. The Kier molecular flexibility index (Phi) is 5.65. The second-order valence-corrected chi connectivity index (χ2v) is 7.58. The van der Waals surface area contributed by atoms with Crippen LogP contribution in [0, 0.1) is 0 Å². The number of hydrogen-bond donors (Lipinski definition) is 1. The van der Waals surface area contributed by atoms with Crippen LogP contribution in [0.25, 0.3) is 16.8 Å². The van der Waals surface area contributed by atoms with Gasteiger partial charge in [0.05, 0.1) is 0 Å². The highest BCUT2D eigenvalue weighted by Crippen LogP contribution is 2.32. The highest BCUT2D eigenvalue weighted by Gasteiger charge is 2.40. The lowest BCUT2D eigenvalue weighted by Crippen LogP contribution is -2.58. The van der Waals surface area contributed by atoms with E-state index in [0.29, 0.717) is 17.9 Å². The number of nitrogens with one attached hydrogen (secondary N) is 1. The molecule has 1 aliphatic carbocycles. The van der Waals surface area contributed by atoms with Gasteiger partial charge in [0.1, 0.15) is 17.9 Å². The molecule has 2 aliphatic rings. The maximum absolute atomic E-state index is 13.2. The van der Waals surface area contributed by atoms with Crippen molar-refractivity contribution in [1.29, 1.82) is 0 Å². The molecule has 1 aliphatic heterocycles. The smallest absolute Gasteiger partial charge is 0.331 e. The first-order valence-corrected chi connectivity index (χ1v) is 10.3. The predicted octanol–water partition coefficient (Wildman–Crippen LogP) is 4.20. The van der Waals surface area contributed by atoms with Crippen molar-refractivity contribution in [2.75, 3.05) is 6.61 Å². The summed E-state index contributed by atoms with van der Waals surface area (Å²) in [5.41, 5.74) is 0.575. The van der Waals surface area contributed by atoms with Crippen molar-refractivity contribution in [1.82, 2.24) is 10.2 Å². The minimum absolute atomic E-state index is 0.0556. The van der Waals surface area contributed by atoms with E-state index in [-0.39, 0.29) is 11.6 Å². The second kappa shape index (κ2) is 8.53. The molecule has 2 aromatic rings. The highest BCUT2D eigenvalue weighted by molar-refractivity contribution is 6.31. The zero-order valence-corrected chi connectivity index (χ0v) is 16.7. The van der Waals surface area contributed by atoms with E-state index in [1.165, 1.54) is 4.90 Å². The van der Waals surface area contributed by atoms with Crippen molar-refractivity contribution in [2.45, 2.75) is 38.1 Å². The number of imide groups is 2. The lowest BCUT2D eigenvalue weighted by atomic mass is 9.93. The first-order valence-electron chi connectivity index (χ1n) is 10.3. The Labute approximate surface area is 175 Å². The number of urea groups is 1. The maximum Gasteiger partial charge on any atom is 0.331 e. The van der Waals surface area contributed by atoms with Crippen molar-refractivity contribution in [2.24, 2.45) is 0 Å². The van der Waals surface area contributed by atoms with Crippen molar-refractivity contribution in [3.8, 4) is 5.75 Å². The fourth-order valence-corrected chi connectivity index (χ4v) is 4.19. The van der Waals surface area contributed by atoms with E-state index in [0.717, 1.165) is 42.9 Å². The zero-order valence-electron chi connectivity index (χ0n) is 16.7. The van der Waals surface area contributed by atoms with Gasteiger partial charge in [-0.15, -0.1) is 0 Å². The summed E-state index contributed by atoms with van der Waals surface area (Å²) in [6.07, 6.45) is 7.75. The molecule has 2 fully saturated rings. The number of hydrogen-bond acceptors (Lipinski definition) is 4. The summed E-state index contributed by atoms with van der Waals surface area (Å²) in [5.74, 6) is -0.680. The molecule has 1 heterocycles. The third-order valence-electron chi connectivity index (χ3n) is 5.65. The quantitative estimate of drug-likeness (QED) is 0.460. The van der Waals surface area contributed by atoms with Gasteiger partial charge in [0.25, 0.3) is 11.8 Å². The third-order valence-corrected chi connectivity index (χ3v) is 5.65. The van der Waals surface area contributed by atoms with Crippen LogP contribution in [0.4, 0.5) is 4.79 Å². The Hall–Kier alpha value is -3.41. The van der Waals surface area contributed by atoms with Crippen LogP contribution in [0.2, 0.25) is 0 Å². The lowest BCUT2D eigenvalue weighted by Gasteiger charge is -2.35. The molecule has 1 saturated carbocycles. The molecule has 0 bridgehead atoms. The summed E-state index contributed by atoms with van der Waals surface area (Å²) >= 11 is 0. The highest BCUT2D eigenvalue weighted by atomic mass is 16.5. The largest absolute Gasteiger partial charge is 0.489 e. The van der Waals surface area contributed by atoms with Crippen molar-refractivity contribution >= 4 is 34.7 Å². The standard InChI is InChI=1S/C24H24N2O4/c1-2-14-30-21-13-12-16-8-6-7-11-18(16)19(21)15-20-22(27)25-24(29)26(23(20)28)17-9-4-3-5-10-17/h2,6-8,11-13,15,17H,1,3-5,9-10,14H2,(H,25,27,29). The molecular formula is C24H24N2O4. The SMILES string of the molecule is C=CCOc1ccc2ccccc2c1C=C1C(=O)NC(=O)N(C2CCCCC2)C1=O. The van der Waals surface area contributed by atoms with E-state index < -0.39 is 17.8 Å². The molecule has 0 radical (unpaired) electrons. The molecule has 0 atom stereocenters. The van der Waals surface area contributed by atoms with E-state index in [2.05, 4.69) is 11.9 Å². The maximum atomic E-state index is 13.2. The normalized spacial score (nSPS) is 19.3. The van der Waals surface area contributed by atoms with Gasteiger partial charge in [-0.25, -0.2) is 4.79 Å². The average Bonchev–Trinajstić information content (AvgIpc) is 2.76. The molecule has 4 amide bonds. The average molecular weight is 404 g/mol. The first-order chi connectivity index (χ1) is 14.6. The fourth-order valence-electron chi connectivity index (χ4n) is 4.19. The van der Waals surface area contributed by atoms with Crippen molar-refractivity contribution in [3.63, 3.8) is 0 Å². The van der Waals surface area contributed by atoms with E-state index in [1.54, 1.807) is 12.2 Å². The number of nitrogens with zero attached hydrogens (tertiary/aromatic N) is 1. The number of rotatable bonds is 5. The number of fused-ring (bicyclic) bond motifs is 1. The molecule has 0 spiro atoms. The minimum Gasteiger partial charge on any atom is -0.489 e. The van der Waals surface area contributed by atoms with Gasteiger partial charge >= 0.3 is 6.03 Å². The number of carbonyl (C=O) groups excluding carboxylic acids is 3. The Morgan fingerprint density at radius 3 is 2.60 bits per heavy atom. The van der Waals surface area contributed by atoms with Crippen LogP contribution in [0.15, 0.2) is 54.6 Å². The summed E-state index contributed by atoms with van der Waals surface area (Å²) < 4.78 is 5.78. The van der Waals surface area contributed by atoms with Gasteiger partial charge in [0.2, 0.25) is 0 Å². The van der Waals surface area contributed by atoms with Crippen LogP contribution in [0.5, 0.6) is 5.75 Å². The van der Waals surface area contributed by atoms with Crippen LogP contribution < -0.4 is 10.1 Å². The Balaban J connectivity index is 1.79. The second-order valence-electron chi connectivity index (χ2n) is 7.58. The number of barbiturate groups is 1. The van der Waals surface area contributed by atoms with Crippen LogP contribution in [0.1, 0.15) is 37.7 Å². The monoisotopic (exact) mass is 404 g/mol. The minimum atomic E-state index is -0.681. The Bertz CT molecular complexity index is 1050. The summed E-state index contributed by atoms with van der Waals surface area (Å²) in [4.78, 5) is 39.5. The molecular weight excluding hydrogens is 380 g/mol. The van der Waals surface area contributed by atoms with Crippen molar-refractivity contribution < 1.29 is 19.1 Å². The van der Waals surface area contributed by atoms with Gasteiger partial charge in [0, 0.05) is 11.6 Å². The summed E-state index contributed by atoms with van der Waals surface area (Å²) in [6, 6.07) is 10.6.